The van der Waals surface area contributed by atoms with Gasteiger partial charge in [0.15, 0.2) is 0 Å². The van der Waals surface area contributed by atoms with E-state index in [2.05, 4.69) is 0 Å². The lowest BCUT2D eigenvalue weighted by Crippen LogP contribution is -2.02. The highest BCUT2D eigenvalue weighted by Crippen LogP contribution is 2.16. The quantitative estimate of drug-likeness (QED) is 0.872. The summed E-state index contributed by atoms with van der Waals surface area (Å²) < 4.78 is 12.0. The molecular weight excluding hydrogens is 266 g/mol. The SMILES string of the molecule is Nc1ccccc1CS(=O)Cc1ccc(Cl)cc1. The fraction of sp³-hybridized carbons (Fsp3) is 0.143. The molecule has 0 bridgehead atoms. The summed E-state index contributed by atoms with van der Waals surface area (Å²) in [5, 5.41) is 0.692. The molecule has 0 fully saturated rings. The van der Waals surface area contributed by atoms with Crippen molar-refractivity contribution in [3.8, 4) is 0 Å². The zero-order valence-electron chi connectivity index (χ0n) is 9.80. The second kappa shape index (κ2) is 6.03. The number of anilines is 1. The second-order valence-corrected chi connectivity index (χ2v) is 5.95. The molecule has 1 atom stereocenters. The van der Waals surface area contributed by atoms with E-state index in [0.717, 1.165) is 11.1 Å². The molecule has 0 aliphatic rings. The Morgan fingerprint density at radius 3 is 2.33 bits per heavy atom. The van der Waals surface area contributed by atoms with E-state index in [9.17, 15) is 4.21 Å². The van der Waals surface area contributed by atoms with E-state index < -0.39 is 10.8 Å². The van der Waals surface area contributed by atoms with Gasteiger partial charge in [-0.2, -0.15) is 0 Å². The van der Waals surface area contributed by atoms with Gasteiger partial charge in [-0.05, 0) is 29.3 Å². The van der Waals surface area contributed by atoms with Crippen LogP contribution >= 0.6 is 11.6 Å². The highest BCUT2D eigenvalue weighted by atomic mass is 35.5. The van der Waals surface area contributed by atoms with E-state index in [0.29, 0.717) is 22.2 Å². The minimum atomic E-state index is -0.962. The Morgan fingerprint density at radius 1 is 1.00 bits per heavy atom. The Bertz CT molecular complexity index is 554. The van der Waals surface area contributed by atoms with Gasteiger partial charge in [-0.25, -0.2) is 0 Å². The molecule has 0 radical (unpaired) electrons. The zero-order chi connectivity index (χ0) is 13.0. The molecule has 2 aromatic rings. The largest absolute Gasteiger partial charge is 0.398 e. The van der Waals surface area contributed by atoms with Gasteiger partial charge < -0.3 is 5.73 Å². The van der Waals surface area contributed by atoms with Crippen LogP contribution in [0, 0.1) is 0 Å². The van der Waals surface area contributed by atoms with Gasteiger partial charge in [0, 0.05) is 27.3 Å². The third-order valence-corrected chi connectivity index (χ3v) is 4.15. The van der Waals surface area contributed by atoms with Crippen molar-refractivity contribution < 1.29 is 4.21 Å². The molecule has 2 nitrogen and oxygen atoms in total. The molecule has 0 aliphatic carbocycles. The van der Waals surface area contributed by atoms with Crippen molar-refractivity contribution in [2.24, 2.45) is 0 Å². The first-order valence-electron chi connectivity index (χ1n) is 5.58. The Labute approximate surface area is 114 Å². The first kappa shape index (κ1) is 13.1. The van der Waals surface area contributed by atoms with Crippen molar-refractivity contribution >= 4 is 28.1 Å². The van der Waals surface area contributed by atoms with Gasteiger partial charge in [0.05, 0.1) is 5.75 Å². The predicted molar refractivity (Wildman–Crippen MR) is 77.9 cm³/mol. The number of nitrogen functional groups attached to an aromatic ring is 1. The molecule has 0 saturated carbocycles. The average Bonchev–Trinajstić information content (AvgIpc) is 2.35. The highest BCUT2D eigenvalue weighted by Gasteiger charge is 2.05. The van der Waals surface area contributed by atoms with Crippen LogP contribution < -0.4 is 5.73 Å². The van der Waals surface area contributed by atoms with Crippen LogP contribution in [0.4, 0.5) is 5.69 Å². The minimum absolute atomic E-state index is 0.481. The molecule has 2 aromatic carbocycles. The topological polar surface area (TPSA) is 43.1 Å². The Hall–Kier alpha value is -1.32. The molecule has 0 aliphatic heterocycles. The third-order valence-electron chi connectivity index (χ3n) is 2.61. The van der Waals surface area contributed by atoms with Crippen LogP contribution in [0.5, 0.6) is 0 Å². The highest BCUT2D eigenvalue weighted by molar-refractivity contribution is 7.83. The number of halogens is 1. The van der Waals surface area contributed by atoms with E-state index >= 15 is 0 Å². The van der Waals surface area contributed by atoms with Gasteiger partial charge in [0.25, 0.3) is 0 Å². The van der Waals surface area contributed by atoms with Gasteiger partial charge in [0.2, 0.25) is 0 Å². The molecule has 4 heteroatoms. The smallest absolute Gasteiger partial charge is 0.0509 e. The standard InChI is InChI=1S/C14H14ClNOS/c15-13-7-5-11(6-8-13)9-18(17)10-12-3-1-2-4-14(12)16/h1-8H,9-10,16H2. The second-order valence-electron chi connectivity index (χ2n) is 4.05. The summed E-state index contributed by atoms with van der Waals surface area (Å²) in [5.41, 5.74) is 8.48. The lowest BCUT2D eigenvalue weighted by Gasteiger charge is -2.05. The van der Waals surface area contributed by atoms with Crippen molar-refractivity contribution in [2.75, 3.05) is 5.73 Å². The Kier molecular flexibility index (Phi) is 4.39. The lowest BCUT2D eigenvalue weighted by atomic mass is 10.2. The molecule has 0 heterocycles. The van der Waals surface area contributed by atoms with Crippen molar-refractivity contribution in [1.82, 2.24) is 0 Å². The molecule has 18 heavy (non-hydrogen) atoms. The van der Waals surface area contributed by atoms with Gasteiger partial charge >= 0.3 is 0 Å². The van der Waals surface area contributed by atoms with Gasteiger partial charge in [0.1, 0.15) is 0 Å². The van der Waals surface area contributed by atoms with Gasteiger partial charge in [-0.1, -0.05) is 41.9 Å². The van der Waals surface area contributed by atoms with Crippen molar-refractivity contribution in [2.45, 2.75) is 11.5 Å². The molecule has 2 N–H and O–H groups in total. The zero-order valence-corrected chi connectivity index (χ0v) is 11.4. The summed E-state index contributed by atoms with van der Waals surface area (Å²) in [7, 11) is -0.962. The van der Waals surface area contributed by atoms with E-state index in [1.165, 1.54) is 0 Å². The summed E-state index contributed by atoms with van der Waals surface area (Å²) in [6.07, 6.45) is 0. The first-order chi connectivity index (χ1) is 8.65. The third kappa shape index (κ3) is 3.59. The summed E-state index contributed by atoms with van der Waals surface area (Å²) >= 11 is 5.81. The van der Waals surface area contributed by atoms with Crippen molar-refractivity contribution in [1.29, 1.82) is 0 Å². The van der Waals surface area contributed by atoms with Gasteiger partial charge in [-0.3, -0.25) is 4.21 Å². The lowest BCUT2D eigenvalue weighted by molar-refractivity contribution is 0.682. The molecule has 0 amide bonds. The normalized spacial score (nSPS) is 12.3. The maximum atomic E-state index is 12.0. The van der Waals surface area contributed by atoms with Crippen molar-refractivity contribution in [3.05, 3.63) is 64.7 Å². The number of nitrogens with two attached hydrogens (primary N) is 1. The molecule has 1 unspecified atom stereocenters. The number of rotatable bonds is 4. The molecule has 94 valence electrons. The Balaban J connectivity index is 2.01. The fourth-order valence-corrected chi connectivity index (χ4v) is 3.06. The maximum absolute atomic E-state index is 12.0. The van der Waals surface area contributed by atoms with E-state index in [1.807, 2.05) is 48.5 Å². The van der Waals surface area contributed by atoms with Crippen molar-refractivity contribution in [3.63, 3.8) is 0 Å². The predicted octanol–water partition coefficient (Wildman–Crippen LogP) is 3.37. The van der Waals surface area contributed by atoms with Crippen LogP contribution in [-0.2, 0) is 22.3 Å². The van der Waals surface area contributed by atoms with E-state index in [1.54, 1.807) is 0 Å². The summed E-state index contributed by atoms with van der Waals surface area (Å²) in [6, 6.07) is 14.9. The van der Waals surface area contributed by atoms with Crippen LogP contribution in [0.3, 0.4) is 0 Å². The summed E-state index contributed by atoms with van der Waals surface area (Å²) in [6.45, 7) is 0. The molecule has 0 aromatic heterocycles. The van der Waals surface area contributed by atoms with E-state index in [4.69, 9.17) is 17.3 Å². The van der Waals surface area contributed by atoms with Crippen LogP contribution in [0.1, 0.15) is 11.1 Å². The average molecular weight is 280 g/mol. The molecule has 0 saturated heterocycles. The monoisotopic (exact) mass is 279 g/mol. The maximum Gasteiger partial charge on any atom is 0.0509 e. The van der Waals surface area contributed by atoms with Crippen LogP contribution in [0.25, 0.3) is 0 Å². The van der Waals surface area contributed by atoms with Gasteiger partial charge in [-0.15, -0.1) is 0 Å². The van der Waals surface area contributed by atoms with Crippen LogP contribution in [0.2, 0.25) is 5.02 Å². The van der Waals surface area contributed by atoms with E-state index in [-0.39, 0.29) is 0 Å². The Morgan fingerprint density at radius 2 is 1.67 bits per heavy atom. The number of hydrogen-bond acceptors (Lipinski definition) is 2. The number of hydrogen-bond donors (Lipinski definition) is 1. The minimum Gasteiger partial charge on any atom is -0.398 e. The van der Waals surface area contributed by atoms with Crippen LogP contribution in [0.15, 0.2) is 48.5 Å². The first-order valence-corrected chi connectivity index (χ1v) is 7.44. The molecular formula is C14H14ClNOS. The number of para-hydroxylation sites is 1. The fourth-order valence-electron chi connectivity index (χ4n) is 1.66. The summed E-state index contributed by atoms with van der Waals surface area (Å²) in [5.74, 6) is 1.00. The molecule has 2 rings (SSSR count). The summed E-state index contributed by atoms with van der Waals surface area (Å²) in [4.78, 5) is 0. The molecule has 0 spiro atoms. The van der Waals surface area contributed by atoms with Crippen LogP contribution in [-0.4, -0.2) is 4.21 Å². The number of benzene rings is 2.